The maximum atomic E-state index is 9.65. The molecule has 2 rings (SSSR count). The van der Waals surface area contributed by atoms with Crippen LogP contribution in [0.5, 0.6) is 5.75 Å². The van der Waals surface area contributed by atoms with Crippen LogP contribution in [-0.2, 0) is 0 Å². The van der Waals surface area contributed by atoms with Crippen molar-refractivity contribution in [2.45, 2.75) is 26.0 Å². The van der Waals surface area contributed by atoms with Crippen molar-refractivity contribution in [3.8, 4) is 5.75 Å². The molecule has 1 aliphatic heterocycles. The highest BCUT2D eigenvalue weighted by Gasteiger charge is 2.23. The second-order valence-electron chi connectivity index (χ2n) is 5.21. The van der Waals surface area contributed by atoms with E-state index in [1.807, 2.05) is 19.1 Å². The zero-order chi connectivity index (χ0) is 13.8. The summed E-state index contributed by atoms with van der Waals surface area (Å²) in [6.07, 6.45) is -0.275. The minimum atomic E-state index is -0.275. The monoisotopic (exact) mass is 264 g/mol. The molecular weight excluding hydrogens is 240 g/mol. The van der Waals surface area contributed by atoms with Crippen LogP contribution in [-0.4, -0.2) is 55.4 Å². The van der Waals surface area contributed by atoms with E-state index in [0.29, 0.717) is 0 Å². The second kappa shape index (κ2) is 6.26. The van der Waals surface area contributed by atoms with Gasteiger partial charge in [-0.1, -0.05) is 6.07 Å². The van der Waals surface area contributed by atoms with Crippen LogP contribution < -0.4 is 9.64 Å². The highest BCUT2D eigenvalue weighted by Crippen LogP contribution is 2.22. The SMILES string of the molecule is COc1cccc(N2CCN(C(C)C(C)O)CC2)c1. The Morgan fingerprint density at radius 1 is 1.16 bits per heavy atom. The van der Waals surface area contributed by atoms with Crippen LogP contribution in [0.15, 0.2) is 24.3 Å². The molecule has 1 heterocycles. The maximum absolute atomic E-state index is 9.65. The topological polar surface area (TPSA) is 35.9 Å². The molecule has 1 aliphatic rings. The van der Waals surface area contributed by atoms with Gasteiger partial charge in [-0.25, -0.2) is 0 Å². The molecule has 0 bridgehead atoms. The average Bonchev–Trinajstić information content (AvgIpc) is 2.46. The van der Waals surface area contributed by atoms with E-state index in [4.69, 9.17) is 4.74 Å². The summed E-state index contributed by atoms with van der Waals surface area (Å²) in [7, 11) is 1.70. The van der Waals surface area contributed by atoms with E-state index in [2.05, 4.69) is 28.9 Å². The van der Waals surface area contributed by atoms with Crippen molar-refractivity contribution < 1.29 is 9.84 Å². The predicted octanol–water partition coefficient (Wildman–Crippen LogP) is 1.59. The van der Waals surface area contributed by atoms with Crippen molar-refractivity contribution in [1.29, 1.82) is 0 Å². The highest BCUT2D eigenvalue weighted by molar-refractivity contribution is 5.51. The number of nitrogens with zero attached hydrogens (tertiary/aromatic N) is 2. The Kier molecular flexibility index (Phi) is 4.66. The summed E-state index contributed by atoms with van der Waals surface area (Å²) in [6.45, 7) is 7.91. The van der Waals surface area contributed by atoms with Gasteiger partial charge in [-0.05, 0) is 26.0 Å². The Balaban J connectivity index is 1.96. The Morgan fingerprint density at radius 3 is 2.42 bits per heavy atom. The lowest BCUT2D eigenvalue weighted by molar-refractivity contribution is 0.0672. The number of hydrogen-bond acceptors (Lipinski definition) is 4. The molecule has 4 heteroatoms. The Bertz CT molecular complexity index is 401. The molecule has 4 nitrogen and oxygen atoms in total. The van der Waals surface area contributed by atoms with Crippen LogP contribution in [0, 0.1) is 0 Å². The van der Waals surface area contributed by atoms with Crippen molar-refractivity contribution in [1.82, 2.24) is 4.90 Å². The molecule has 1 aromatic rings. The molecule has 1 saturated heterocycles. The fraction of sp³-hybridized carbons (Fsp3) is 0.600. The molecule has 0 aliphatic carbocycles. The smallest absolute Gasteiger partial charge is 0.120 e. The van der Waals surface area contributed by atoms with Crippen molar-refractivity contribution in [3.63, 3.8) is 0 Å². The Morgan fingerprint density at radius 2 is 1.84 bits per heavy atom. The van der Waals surface area contributed by atoms with Gasteiger partial charge in [0.2, 0.25) is 0 Å². The molecule has 106 valence electrons. The normalized spacial score (nSPS) is 20.1. The molecule has 0 aromatic heterocycles. The number of aliphatic hydroxyl groups excluding tert-OH is 1. The number of anilines is 1. The predicted molar refractivity (Wildman–Crippen MR) is 77.9 cm³/mol. The van der Waals surface area contributed by atoms with E-state index in [-0.39, 0.29) is 12.1 Å². The number of ether oxygens (including phenoxy) is 1. The van der Waals surface area contributed by atoms with Gasteiger partial charge in [0.15, 0.2) is 0 Å². The summed E-state index contributed by atoms with van der Waals surface area (Å²) in [5.74, 6) is 0.900. The van der Waals surface area contributed by atoms with Crippen molar-refractivity contribution in [2.24, 2.45) is 0 Å². The van der Waals surface area contributed by atoms with E-state index in [9.17, 15) is 5.11 Å². The fourth-order valence-corrected chi connectivity index (χ4v) is 2.50. The third-order valence-electron chi connectivity index (χ3n) is 4.01. The summed E-state index contributed by atoms with van der Waals surface area (Å²) in [5.41, 5.74) is 1.21. The van der Waals surface area contributed by atoms with Gasteiger partial charge in [-0.15, -0.1) is 0 Å². The van der Waals surface area contributed by atoms with Crippen LogP contribution in [0.25, 0.3) is 0 Å². The lowest BCUT2D eigenvalue weighted by atomic mass is 10.1. The molecule has 0 spiro atoms. The van der Waals surface area contributed by atoms with Crippen molar-refractivity contribution >= 4 is 5.69 Å². The molecule has 19 heavy (non-hydrogen) atoms. The summed E-state index contributed by atoms with van der Waals surface area (Å²) < 4.78 is 5.27. The van der Waals surface area contributed by atoms with Gasteiger partial charge in [-0.3, -0.25) is 4.90 Å². The van der Waals surface area contributed by atoms with Crippen LogP contribution in [0.2, 0.25) is 0 Å². The van der Waals surface area contributed by atoms with Crippen molar-refractivity contribution in [3.05, 3.63) is 24.3 Å². The molecule has 0 radical (unpaired) electrons. The van der Waals surface area contributed by atoms with Gasteiger partial charge in [0, 0.05) is 44.0 Å². The molecule has 2 atom stereocenters. The largest absolute Gasteiger partial charge is 0.497 e. The third-order valence-corrected chi connectivity index (χ3v) is 4.01. The maximum Gasteiger partial charge on any atom is 0.120 e. The minimum absolute atomic E-state index is 0.229. The lowest BCUT2D eigenvalue weighted by Crippen LogP contribution is -2.52. The van der Waals surface area contributed by atoms with Crippen LogP contribution in [0.4, 0.5) is 5.69 Å². The average molecular weight is 264 g/mol. The summed E-state index contributed by atoms with van der Waals surface area (Å²) >= 11 is 0. The molecule has 1 N–H and O–H groups in total. The summed E-state index contributed by atoms with van der Waals surface area (Å²) in [4.78, 5) is 4.72. The van der Waals surface area contributed by atoms with Gasteiger partial charge in [-0.2, -0.15) is 0 Å². The third kappa shape index (κ3) is 3.39. The number of aliphatic hydroxyl groups is 1. The first-order chi connectivity index (χ1) is 9.11. The number of rotatable bonds is 4. The van der Waals surface area contributed by atoms with E-state index in [1.165, 1.54) is 5.69 Å². The fourth-order valence-electron chi connectivity index (χ4n) is 2.50. The second-order valence-corrected chi connectivity index (χ2v) is 5.21. The Labute approximate surface area is 115 Å². The Hall–Kier alpha value is -1.26. The molecular formula is C15H24N2O2. The van der Waals surface area contributed by atoms with Gasteiger partial charge in [0.1, 0.15) is 5.75 Å². The van der Waals surface area contributed by atoms with Gasteiger partial charge in [0.25, 0.3) is 0 Å². The molecule has 1 fully saturated rings. The zero-order valence-corrected chi connectivity index (χ0v) is 12.0. The first-order valence-electron chi connectivity index (χ1n) is 6.93. The molecule has 1 aromatic carbocycles. The van der Waals surface area contributed by atoms with Gasteiger partial charge >= 0.3 is 0 Å². The number of methoxy groups -OCH3 is 1. The quantitative estimate of drug-likeness (QED) is 0.896. The van der Waals surface area contributed by atoms with E-state index in [0.717, 1.165) is 31.9 Å². The number of piperazine rings is 1. The molecule has 2 unspecified atom stereocenters. The van der Waals surface area contributed by atoms with Crippen LogP contribution in [0.3, 0.4) is 0 Å². The highest BCUT2D eigenvalue weighted by atomic mass is 16.5. The van der Waals surface area contributed by atoms with E-state index in [1.54, 1.807) is 7.11 Å². The number of hydrogen-bond donors (Lipinski definition) is 1. The molecule has 0 saturated carbocycles. The van der Waals surface area contributed by atoms with E-state index >= 15 is 0 Å². The van der Waals surface area contributed by atoms with E-state index < -0.39 is 0 Å². The first-order valence-corrected chi connectivity index (χ1v) is 6.93. The van der Waals surface area contributed by atoms with Crippen molar-refractivity contribution in [2.75, 3.05) is 38.2 Å². The summed E-state index contributed by atoms with van der Waals surface area (Å²) in [6, 6.07) is 8.42. The standard InChI is InChI=1S/C15H24N2O2/c1-12(13(2)18)16-7-9-17(10-8-16)14-5-4-6-15(11-14)19-3/h4-6,11-13,18H,7-10H2,1-3H3. The van der Waals surface area contributed by atoms with Gasteiger partial charge in [0.05, 0.1) is 13.2 Å². The number of benzene rings is 1. The zero-order valence-electron chi connectivity index (χ0n) is 12.0. The van der Waals surface area contributed by atoms with Crippen LogP contribution >= 0.6 is 0 Å². The molecule has 0 amide bonds. The minimum Gasteiger partial charge on any atom is -0.497 e. The summed E-state index contributed by atoms with van der Waals surface area (Å²) in [5, 5.41) is 9.65. The van der Waals surface area contributed by atoms with Crippen LogP contribution in [0.1, 0.15) is 13.8 Å². The lowest BCUT2D eigenvalue weighted by Gasteiger charge is -2.40. The van der Waals surface area contributed by atoms with Gasteiger partial charge < -0.3 is 14.7 Å². The first kappa shape index (κ1) is 14.2.